The van der Waals surface area contributed by atoms with Crippen LogP contribution in [0.25, 0.3) is 17.1 Å². The first-order chi connectivity index (χ1) is 10.6. The SMILES string of the molecule is CS(=O)c1ccc(-n2[nH]cc(-c3ccc(Cl)cn3)c2=O)nc1. The van der Waals surface area contributed by atoms with Crippen molar-refractivity contribution in [3.63, 3.8) is 0 Å². The average molecular weight is 335 g/mol. The zero-order valence-electron chi connectivity index (χ0n) is 11.5. The number of H-pyrrole nitrogens is 1. The third-order valence-electron chi connectivity index (χ3n) is 3.06. The molecule has 112 valence electrons. The van der Waals surface area contributed by atoms with E-state index < -0.39 is 10.8 Å². The fourth-order valence-electron chi connectivity index (χ4n) is 1.93. The maximum atomic E-state index is 12.4. The molecule has 0 amide bonds. The van der Waals surface area contributed by atoms with E-state index in [-0.39, 0.29) is 5.56 Å². The van der Waals surface area contributed by atoms with E-state index in [2.05, 4.69) is 15.1 Å². The molecule has 3 heterocycles. The van der Waals surface area contributed by atoms with Crippen molar-refractivity contribution >= 4 is 22.4 Å². The van der Waals surface area contributed by atoms with Gasteiger partial charge in [0.05, 0.1) is 32.0 Å². The van der Waals surface area contributed by atoms with Gasteiger partial charge in [0.15, 0.2) is 5.82 Å². The van der Waals surface area contributed by atoms with Crippen molar-refractivity contribution in [2.75, 3.05) is 6.26 Å². The fourth-order valence-corrected chi connectivity index (χ4v) is 2.51. The Balaban J connectivity index is 2.01. The summed E-state index contributed by atoms with van der Waals surface area (Å²) in [7, 11) is -1.11. The molecule has 0 saturated heterocycles. The average Bonchev–Trinajstić information content (AvgIpc) is 2.90. The van der Waals surface area contributed by atoms with Crippen molar-refractivity contribution < 1.29 is 4.21 Å². The minimum absolute atomic E-state index is 0.271. The fraction of sp³-hybridized carbons (Fsp3) is 0.0714. The van der Waals surface area contributed by atoms with E-state index in [1.807, 2.05) is 0 Å². The molecule has 3 aromatic heterocycles. The summed E-state index contributed by atoms with van der Waals surface area (Å²) in [5.74, 6) is 0.416. The summed E-state index contributed by atoms with van der Waals surface area (Å²) >= 11 is 5.79. The van der Waals surface area contributed by atoms with Gasteiger partial charge < -0.3 is 0 Å². The lowest BCUT2D eigenvalue weighted by Crippen LogP contribution is -2.17. The lowest BCUT2D eigenvalue weighted by atomic mass is 10.2. The molecule has 0 aliphatic rings. The van der Waals surface area contributed by atoms with Crippen molar-refractivity contribution in [2.45, 2.75) is 4.90 Å². The smallest absolute Gasteiger partial charge is 0.282 e. The number of hydrogen-bond donors (Lipinski definition) is 1. The van der Waals surface area contributed by atoms with Gasteiger partial charge in [0, 0.05) is 24.8 Å². The largest absolute Gasteiger partial charge is 0.296 e. The molecule has 1 unspecified atom stereocenters. The van der Waals surface area contributed by atoms with Crippen LogP contribution in [-0.4, -0.2) is 30.2 Å². The molecule has 1 N–H and O–H groups in total. The predicted octanol–water partition coefficient (Wildman–Crippen LogP) is 2.01. The Hall–Kier alpha value is -2.25. The summed E-state index contributed by atoms with van der Waals surface area (Å²) in [6, 6.07) is 6.65. The highest BCUT2D eigenvalue weighted by Gasteiger charge is 2.12. The number of rotatable bonds is 3. The van der Waals surface area contributed by atoms with Gasteiger partial charge in [-0.15, -0.1) is 0 Å². The van der Waals surface area contributed by atoms with Crippen LogP contribution in [-0.2, 0) is 10.8 Å². The van der Waals surface area contributed by atoms with E-state index in [0.717, 1.165) is 0 Å². The minimum atomic E-state index is -1.11. The highest BCUT2D eigenvalue weighted by Crippen LogP contribution is 2.15. The van der Waals surface area contributed by atoms with Crippen LogP contribution in [0.2, 0.25) is 5.02 Å². The summed E-state index contributed by atoms with van der Waals surface area (Å²) < 4.78 is 12.7. The molecule has 8 heteroatoms. The monoisotopic (exact) mass is 334 g/mol. The zero-order valence-corrected chi connectivity index (χ0v) is 13.1. The Morgan fingerprint density at radius 2 is 2.00 bits per heavy atom. The molecule has 1 atom stereocenters. The third kappa shape index (κ3) is 2.72. The molecular weight excluding hydrogens is 324 g/mol. The van der Waals surface area contributed by atoms with E-state index in [1.54, 1.807) is 36.7 Å². The summed E-state index contributed by atoms with van der Waals surface area (Å²) in [4.78, 5) is 21.3. The summed E-state index contributed by atoms with van der Waals surface area (Å²) in [5.41, 5.74) is 0.671. The highest BCUT2D eigenvalue weighted by molar-refractivity contribution is 7.84. The Kier molecular flexibility index (Phi) is 3.91. The number of hydrogen-bond acceptors (Lipinski definition) is 4. The van der Waals surface area contributed by atoms with Crippen molar-refractivity contribution in [2.24, 2.45) is 0 Å². The van der Waals surface area contributed by atoms with Gasteiger partial charge in [-0.3, -0.25) is 19.1 Å². The van der Waals surface area contributed by atoms with Crippen molar-refractivity contribution in [1.29, 1.82) is 0 Å². The number of aromatic nitrogens is 4. The number of nitrogens with zero attached hydrogens (tertiary/aromatic N) is 3. The van der Waals surface area contributed by atoms with Crippen LogP contribution in [0.15, 0.2) is 52.5 Å². The molecule has 3 aromatic rings. The van der Waals surface area contributed by atoms with Gasteiger partial charge in [0.1, 0.15) is 0 Å². The zero-order chi connectivity index (χ0) is 15.7. The molecular formula is C14H11ClN4O2S. The van der Waals surface area contributed by atoms with Gasteiger partial charge in [-0.2, -0.15) is 0 Å². The molecule has 0 saturated carbocycles. The molecule has 3 rings (SSSR count). The standard InChI is InChI=1S/C14H11ClN4O2S/c1-22(21)10-3-5-13(17-7-10)19-14(20)11(8-18-19)12-4-2-9(15)6-16-12/h2-8,18H,1H3. The third-order valence-corrected chi connectivity index (χ3v) is 4.19. The van der Waals surface area contributed by atoms with Gasteiger partial charge in [-0.1, -0.05) is 11.6 Å². The molecule has 0 fully saturated rings. The second-order valence-corrected chi connectivity index (χ2v) is 6.31. The minimum Gasteiger partial charge on any atom is -0.296 e. The van der Waals surface area contributed by atoms with E-state index in [0.29, 0.717) is 27.0 Å². The van der Waals surface area contributed by atoms with Crippen LogP contribution in [0.3, 0.4) is 0 Å². The van der Waals surface area contributed by atoms with Crippen LogP contribution in [0.4, 0.5) is 0 Å². The summed E-state index contributed by atoms with van der Waals surface area (Å²) in [6.07, 6.45) is 6.10. The Morgan fingerprint density at radius 1 is 1.18 bits per heavy atom. The number of halogens is 1. The van der Waals surface area contributed by atoms with Crippen LogP contribution >= 0.6 is 11.6 Å². The number of pyridine rings is 2. The van der Waals surface area contributed by atoms with Gasteiger partial charge in [-0.05, 0) is 24.3 Å². The van der Waals surface area contributed by atoms with Gasteiger partial charge in [0.2, 0.25) is 0 Å². The maximum absolute atomic E-state index is 12.4. The Morgan fingerprint density at radius 3 is 2.59 bits per heavy atom. The van der Waals surface area contributed by atoms with Crippen LogP contribution in [0, 0.1) is 0 Å². The second kappa shape index (κ2) is 5.86. The van der Waals surface area contributed by atoms with Crippen LogP contribution < -0.4 is 5.56 Å². The number of aromatic amines is 1. The number of nitrogens with one attached hydrogen (secondary N) is 1. The first-order valence-corrected chi connectivity index (χ1v) is 8.22. The maximum Gasteiger partial charge on any atom is 0.282 e. The Bertz CT molecular complexity index is 884. The van der Waals surface area contributed by atoms with Gasteiger partial charge in [-0.25, -0.2) is 9.67 Å². The second-order valence-electron chi connectivity index (χ2n) is 4.50. The van der Waals surface area contributed by atoms with Crippen molar-refractivity contribution in [3.8, 4) is 17.1 Å². The first-order valence-electron chi connectivity index (χ1n) is 6.28. The van der Waals surface area contributed by atoms with Gasteiger partial charge >= 0.3 is 0 Å². The van der Waals surface area contributed by atoms with Crippen molar-refractivity contribution in [1.82, 2.24) is 19.7 Å². The predicted molar refractivity (Wildman–Crippen MR) is 84.8 cm³/mol. The molecule has 0 aromatic carbocycles. The van der Waals surface area contributed by atoms with E-state index in [9.17, 15) is 9.00 Å². The lowest BCUT2D eigenvalue weighted by molar-refractivity contribution is 0.686. The Labute approximate surface area is 133 Å². The normalized spacial score (nSPS) is 12.3. The van der Waals surface area contributed by atoms with Crippen LogP contribution in [0.5, 0.6) is 0 Å². The molecule has 0 radical (unpaired) electrons. The highest BCUT2D eigenvalue weighted by atomic mass is 35.5. The molecule has 0 aliphatic carbocycles. The molecule has 0 spiro atoms. The quantitative estimate of drug-likeness (QED) is 0.794. The lowest BCUT2D eigenvalue weighted by Gasteiger charge is -2.01. The van der Waals surface area contributed by atoms with Crippen molar-refractivity contribution in [3.05, 3.63) is 58.2 Å². The van der Waals surface area contributed by atoms with Gasteiger partial charge in [0.25, 0.3) is 5.56 Å². The molecule has 0 aliphatic heterocycles. The van der Waals surface area contributed by atoms with E-state index in [4.69, 9.17) is 11.6 Å². The summed E-state index contributed by atoms with van der Waals surface area (Å²) in [6.45, 7) is 0. The molecule has 6 nitrogen and oxygen atoms in total. The summed E-state index contributed by atoms with van der Waals surface area (Å²) in [5, 5.41) is 3.35. The van der Waals surface area contributed by atoms with E-state index in [1.165, 1.54) is 17.1 Å². The topological polar surface area (TPSA) is 80.6 Å². The van der Waals surface area contributed by atoms with Crippen LogP contribution in [0.1, 0.15) is 0 Å². The first kappa shape index (κ1) is 14.7. The van der Waals surface area contributed by atoms with E-state index >= 15 is 0 Å². The molecule has 22 heavy (non-hydrogen) atoms. The molecule has 0 bridgehead atoms.